The van der Waals surface area contributed by atoms with Gasteiger partial charge in [0.2, 0.25) is 6.19 Å². The molecule has 0 aliphatic heterocycles. The number of hydrogen-bond donors (Lipinski definition) is 0. The van der Waals surface area contributed by atoms with Crippen LogP contribution >= 0.6 is 22.6 Å². The summed E-state index contributed by atoms with van der Waals surface area (Å²) in [4.78, 5) is 7.94. The van der Waals surface area contributed by atoms with E-state index in [1.54, 1.807) is 18.5 Å². The van der Waals surface area contributed by atoms with E-state index in [2.05, 4.69) is 32.6 Å². The van der Waals surface area contributed by atoms with Gasteiger partial charge in [-0.2, -0.15) is 10.3 Å². The third-order valence-corrected chi connectivity index (χ3v) is 2.63. The Morgan fingerprint density at radius 2 is 2.19 bits per heavy atom. The highest BCUT2D eigenvalue weighted by Gasteiger charge is 1.97. The summed E-state index contributed by atoms with van der Waals surface area (Å²) < 4.78 is 2.74. The van der Waals surface area contributed by atoms with Crippen LogP contribution in [0, 0.1) is 15.2 Å². The van der Waals surface area contributed by atoms with Crippen LogP contribution in [0.25, 0.3) is 5.69 Å². The largest absolute Gasteiger partial charge is 0.300 e. The van der Waals surface area contributed by atoms with Crippen LogP contribution in [0.4, 0.5) is 0 Å². The molecule has 0 fully saturated rings. The Hall–Kier alpha value is -1.68. The molecule has 2 heterocycles. The fraction of sp³-hybridized carbons (Fsp3) is 0. The second kappa shape index (κ2) is 4.90. The second-order valence-electron chi connectivity index (χ2n) is 2.98. The molecule has 0 saturated heterocycles. The van der Waals surface area contributed by atoms with Crippen molar-refractivity contribution in [2.75, 3.05) is 0 Å². The summed E-state index contributed by atoms with van der Waals surface area (Å²) >= 11 is 2.15. The monoisotopic (exact) mass is 322 g/mol. The van der Waals surface area contributed by atoms with E-state index in [-0.39, 0.29) is 0 Å². The molecule has 0 aliphatic rings. The average Bonchev–Trinajstić information content (AvgIpc) is 2.32. The van der Waals surface area contributed by atoms with Crippen molar-refractivity contribution in [2.45, 2.75) is 0 Å². The van der Waals surface area contributed by atoms with Gasteiger partial charge in [0.15, 0.2) is 0 Å². The Morgan fingerprint density at radius 1 is 1.31 bits per heavy atom. The number of aromatic nitrogens is 2. The molecule has 2 aromatic heterocycles. The zero-order valence-electron chi connectivity index (χ0n) is 8.21. The van der Waals surface area contributed by atoms with Crippen molar-refractivity contribution in [3.05, 3.63) is 51.9 Å². The van der Waals surface area contributed by atoms with Crippen LogP contribution in [0.15, 0.2) is 47.7 Å². The van der Waals surface area contributed by atoms with Gasteiger partial charge in [0.25, 0.3) is 0 Å². The molecule has 0 amide bonds. The lowest BCUT2D eigenvalue weighted by molar-refractivity contribution is 0.941. The Kier molecular flexibility index (Phi) is 3.31. The Morgan fingerprint density at radius 3 is 2.88 bits per heavy atom. The van der Waals surface area contributed by atoms with Crippen LogP contribution in [0.2, 0.25) is 0 Å². The molecule has 0 atom stereocenters. The van der Waals surface area contributed by atoms with E-state index < -0.39 is 0 Å². The molecule has 5 heteroatoms. The van der Waals surface area contributed by atoms with E-state index in [9.17, 15) is 0 Å². The lowest BCUT2D eigenvalue weighted by Crippen LogP contribution is -2.17. The first-order chi connectivity index (χ1) is 7.81. The smallest absolute Gasteiger partial charge is 0.207 e. The van der Waals surface area contributed by atoms with E-state index >= 15 is 0 Å². The minimum Gasteiger partial charge on any atom is -0.300 e. The maximum atomic E-state index is 8.59. The van der Waals surface area contributed by atoms with Gasteiger partial charge in [0, 0.05) is 6.20 Å². The van der Waals surface area contributed by atoms with Crippen molar-refractivity contribution in [3.8, 4) is 11.9 Å². The molecule has 0 N–H and O–H groups in total. The average molecular weight is 322 g/mol. The lowest BCUT2D eigenvalue weighted by Gasteiger charge is -2.05. The van der Waals surface area contributed by atoms with Crippen molar-refractivity contribution in [1.29, 1.82) is 5.26 Å². The van der Waals surface area contributed by atoms with E-state index in [1.165, 1.54) is 0 Å². The van der Waals surface area contributed by atoms with Crippen LogP contribution in [0.3, 0.4) is 0 Å². The number of nitriles is 1. The molecular weight excluding hydrogens is 315 g/mol. The normalized spacial score (nSPS) is 11.1. The fourth-order valence-electron chi connectivity index (χ4n) is 1.31. The van der Waals surface area contributed by atoms with Gasteiger partial charge in [-0.25, -0.2) is 4.98 Å². The second-order valence-corrected chi connectivity index (χ2v) is 4.09. The summed E-state index contributed by atoms with van der Waals surface area (Å²) in [6, 6.07) is 9.35. The summed E-state index contributed by atoms with van der Waals surface area (Å²) in [5.74, 6) is 0. The highest BCUT2D eigenvalue weighted by Crippen LogP contribution is 2.05. The van der Waals surface area contributed by atoms with Gasteiger partial charge in [0.05, 0.1) is 11.9 Å². The first-order valence-electron chi connectivity index (χ1n) is 4.54. The quantitative estimate of drug-likeness (QED) is 0.457. The highest BCUT2D eigenvalue weighted by atomic mass is 127. The molecule has 2 aromatic rings. The first-order valence-corrected chi connectivity index (χ1v) is 5.61. The van der Waals surface area contributed by atoms with Gasteiger partial charge < -0.3 is 0 Å². The molecular formula is C11H7IN4. The fourth-order valence-corrected chi connectivity index (χ4v) is 1.62. The summed E-state index contributed by atoms with van der Waals surface area (Å²) in [5, 5.41) is 8.59. The zero-order chi connectivity index (χ0) is 11.4. The van der Waals surface area contributed by atoms with E-state index in [0.29, 0.717) is 5.49 Å². The van der Waals surface area contributed by atoms with Crippen molar-refractivity contribution in [1.82, 2.24) is 9.55 Å². The minimum atomic E-state index is 0.591. The van der Waals surface area contributed by atoms with E-state index in [1.807, 2.05) is 35.0 Å². The Balaban J connectivity index is 2.61. The lowest BCUT2D eigenvalue weighted by atomic mass is 10.4. The molecule has 0 unspecified atom stereocenters. The third-order valence-electron chi connectivity index (χ3n) is 1.99. The van der Waals surface area contributed by atoms with Crippen LogP contribution < -0.4 is 5.49 Å². The molecule has 0 aliphatic carbocycles. The van der Waals surface area contributed by atoms with E-state index in [0.717, 1.165) is 9.39 Å². The number of nitrogens with zero attached hydrogens (tertiary/aromatic N) is 4. The van der Waals surface area contributed by atoms with Crippen molar-refractivity contribution >= 4 is 22.6 Å². The van der Waals surface area contributed by atoms with E-state index in [4.69, 9.17) is 5.26 Å². The van der Waals surface area contributed by atoms with Gasteiger partial charge in [-0.15, -0.1) is 0 Å². The molecule has 2 rings (SSSR count). The number of pyridine rings is 2. The molecule has 0 radical (unpaired) electrons. The van der Waals surface area contributed by atoms with Crippen LogP contribution in [0.1, 0.15) is 0 Å². The van der Waals surface area contributed by atoms with Crippen molar-refractivity contribution < 1.29 is 0 Å². The maximum Gasteiger partial charge on any atom is 0.207 e. The van der Waals surface area contributed by atoms with Gasteiger partial charge in [-0.1, -0.05) is 6.07 Å². The minimum absolute atomic E-state index is 0.591. The molecule has 0 saturated carbocycles. The summed E-state index contributed by atoms with van der Waals surface area (Å²) in [6.45, 7) is 0. The standard InChI is InChI=1S/C11H7IN4/c12-10-5-4-9(7-14-10)16-6-2-1-3-11(16)15-8-13/h1-7H. The number of rotatable bonds is 1. The Labute approximate surface area is 106 Å². The Bertz CT molecular complexity index is 592. The maximum absolute atomic E-state index is 8.59. The zero-order valence-corrected chi connectivity index (χ0v) is 10.4. The van der Waals surface area contributed by atoms with Crippen molar-refractivity contribution in [2.24, 2.45) is 4.99 Å². The molecule has 78 valence electrons. The van der Waals surface area contributed by atoms with Crippen LogP contribution in [-0.4, -0.2) is 9.55 Å². The predicted molar refractivity (Wildman–Crippen MR) is 67.5 cm³/mol. The van der Waals surface area contributed by atoms with Gasteiger partial charge in [-0.05, 0) is 46.9 Å². The molecule has 0 spiro atoms. The number of hydrogen-bond acceptors (Lipinski definition) is 3. The van der Waals surface area contributed by atoms with Crippen molar-refractivity contribution in [3.63, 3.8) is 0 Å². The van der Waals surface area contributed by atoms with Gasteiger partial charge >= 0.3 is 0 Å². The molecule has 0 bridgehead atoms. The highest BCUT2D eigenvalue weighted by molar-refractivity contribution is 14.1. The van der Waals surface area contributed by atoms with Crippen LogP contribution in [0.5, 0.6) is 0 Å². The summed E-state index contributed by atoms with van der Waals surface area (Å²) in [7, 11) is 0. The predicted octanol–water partition coefficient (Wildman–Crippen LogP) is 1.86. The first kappa shape index (κ1) is 10.8. The topological polar surface area (TPSA) is 54.0 Å². The summed E-state index contributed by atoms with van der Waals surface area (Å²) in [6.07, 6.45) is 5.38. The molecule has 4 nitrogen and oxygen atoms in total. The van der Waals surface area contributed by atoms with Gasteiger partial charge in [0.1, 0.15) is 9.19 Å². The third kappa shape index (κ3) is 2.28. The molecule has 16 heavy (non-hydrogen) atoms. The molecule has 0 aromatic carbocycles. The SMILES string of the molecule is N#CN=c1ccccn1-c1ccc(I)nc1. The van der Waals surface area contributed by atoms with Gasteiger partial charge in [-0.3, -0.25) is 4.57 Å². The number of halogens is 1. The van der Waals surface area contributed by atoms with Crippen LogP contribution in [-0.2, 0) is 0 Å². The summed E-state index contributed by atoms with van der Waals surface area (Å²) in [5.41, 5.74) is 1.48.